The molecular formula is C15H25NO3. The number of carboxylic acids is 1. The molecule has 2 atom stereocenters. The molecule has 108 valence electrons. The van der Waals surface area contributed by atoms with Gasteiger partial charge in [0.05, 0.1) is 11.8 Å². The van der Waals surface area contributed by atoms with Crippen LogP contribution in [0.3, 0.4) is 0 Å². The van der Waals surface area contributed by atoms with Crippen molar-refractivity contribution < 1.29 is 14.7 Å². The molecule has 0 bridgehead atoms. The minimum Gasteiger partial charge on any atom is -0.481 e. The highest BCUT2D eigenvalue weighted by atomic mass is 16.4. The van der Waals surface area contributed by atoms with Gasteiger partial charge in [0.25, 0.3) is 0 Å². The molecule has 0 saturated heterocycles. The van der Waals surface area contributed by atoms with Gasteiger partial charge in [0.15, 0.2) is 0 Å². The standard InChI is InChI=1S/C15H25NO3/c1-10(2)8-15(5-3-4-6-15)9-16-13(17)11-7-12(11)14(18)19/h10-12H,3-9H2,1-2H3,(H,16,17)(H,18,19). The predicted octanol–water partition coefficient (Wildman–Crippen LogP) is 2.43. The van der Waals surface area contributed by atoms with E-state index in [1.165, 1.54) is 25.7 Å². The van der Waals surface area contributed by atoms with E-state index in [0.717, 1.165) is 13.0 Å². The molecule has 0 heterocycles. The molecule has 0 aromatic carbocycles. The summed E-state index contributed by atoms with van der Waals surface area (Å²) in [5.41, 5.74) is 0.261. The summed E-state index contributed by atoms with van der Waals surface area (Å²) >= 11 is 0. The molecule has 2 aliphatic rings. The van der Waals surface area contributed by atoms with E-state index in [0.29, 0.717) is 12.3 Å². The highest BCUT2D eigenvalue weighted by Gasteiger charge is 2.48. The number of amides is 1. The molecular weight excluding hydrogens is 242 g/mol. The lowest BCUT2D eigenvalue weighted by Gasteiger charge is -2.31. The maximum absolute atomic E-state index is 11.9. The van der Waals surface area contributed by atoms with Crippen molar-refractivity contribution in [3.8, 4) is 0 Å². The van der Waals surface area contributed by atoms with E-state index >= 15 is 0 Å². The van der Waals surface area contributed by atoms with Crippen LogP contribution in [0.4, 0.5) is 0 Å². The quantitative estimate of drug-likeness (QED) is 0.776. The number of carbonyl (C=O) groups is 2. The molecule has 0 radical (unpaired) electrons. The van der Waals surface area contributed by atoms with Gasteiger partial charge in [0, 0.05) is 6.54 Å². The van der Waals surface area contributed by atoms with Gasteiger partial charge in [0.1, 0.15) is 0 Å². The van der Waals surface area contributed by atoms with Gasteiger partial charge in [-0.3, -0.25) is 9.59 Å². The third kappa shape index (κ3) is 3.48. The number of rotatable bonds is 6. The van der Waals surface area contributed by atoms with Gasteiger partial charge in [-0.1, -0.05) is 26.7 Å². The number of carbonyl (C=O) groups excluding carboxylic acids is 1. The fourth-order valence-corrected chi connectivity index (χ4v) is 3.61. The van der Waals surface area contributed by atoms with Crippen LogP contribution in [0.1, 0.15) is 52.4 Å². The molecule has 4 heteroatoms. The van der Waals surface area contributed by atoms with Crippen LogP contribution in [0, 0.1) is 23.2 Å². The Morgan fingerprint density at radius 2 is 1.89 bits per heavy atom. The van der Waals surface area contributed by atoms with Crippen molar-refractivity contribution in [1.29, 1.82) is 0 Å². The minimum atomic E-state index is -0.835. The van der Waals surface area contributed by atoms with Crippen LogP contribution in [0.5, 0.6) is 0 Å². The Morgan fingerprint density at radius 3 is 2.37 bits per heavy atom. The Morgan fingerprint density at radius 1 is 1.26 bits per heavy atom. The summed E-state index contributed by atoms with van der Waals surface area (Å²) in [4.78, 5) is 22.7. The van der Waals surface area contributed by atoms with E-state index < -0.39 is 11.9 Å². The van der Waals surface area contributed by atoms with Crippen LogP contribution in [0.2, 0.25) is 0 Å². The van der Waals surface area contributed by atoms with E-state index in [1.54, 1.807) is 0 Å². The molecule has 0 spiro atoms. The van der Waals surface area contributed by atoms with Gasteiger partial charge in [-0.25, -0.2) is 0 Å². The Labute approximate surface area is 115 Å². The third-order valence-electron chi connectivity index (χ3n) is 4.59. The number of hydrogen-bond donors (Lipinski definition) is 2. The van der Waals surface area contributed by atoms with Gasteiger partial charge in [-0.05, 0) is 37.0 Å². The van der Waals surface area contributed by atoms with Gasteiger partial charge in [-0.2, -0.15) is 0 Å². The van der Waals surface area contributed by atoms with Crippen LogP contribution >= 0.6 is 0 Å². The van der Waals surface area contributed by atoms with Crippen LogP contribution in [0.25, 0.3) is 0 Å². The monoisotopic (exact) mass is 267 g/mol. The maximum Gasteiger partial charge on any atom is 0.307 e. The molecule has 4 nitrogen and oxygen atoms in total. The maximum atomic E-state index is 11.9. The number of nitrogens with one attached hydrogen (secondary N) is 1. The summed E-state index contributed by atoms with van der Waals surface area (Å²) in [7, 11) is 0. The Kier molecular flexibility index (Phi) is 4.16. The first-order chi connectivity index (χ1) is 8.93. The molecule has 2 rings (SSSR count). The van der Waals surface area contributed by atoms with E-state index in [4.69, 9.17) is 5.11 Å². The second-order valence-electron chi connectivity index (χ2n) is 6.81. The lowest BCUT2D eigenvalue weighted by molar-refractivity contribution is -0.140. The van der Waals surface area contributed by atoms with E-state index in [-0.39, 0.29) is 17.2 Å². The fraction of sp³-hybridized carbons (Fsp3) is 0.867. The van der Waals surface area contributed by atoms with Crippen molar-refractivity contribution in [2.75, 3.05) is 6.54 Å². The molecule has 2 unspecified atom stereocenters. The van der Waals surface area contributed by atoms with Gasteiger partial charge < -0.3 is 10.4 Å². The summed E-state index contributed by atoms with van der Waals surface area (Å²) in [6.45, 7) is 5.18. The first-order valence-corrected chi connectivity index (χ1v) is 7.44. The summed E-state index contributed by atoms with van der Waals surface area (Å²) in [5, 5.41) is 11.9. The van der Waals surface area contributed by atoms with Crippen LogP contribution in [0.15, 0.2) is 0 Å². The van der Waals surface area contributed by atoms with Crippen molar-refractivity contribution in [1.82, 2.24) is 5.32 Å². The lowest BCUT2D eigenvalue weighted by atomic mass is 9.78. The Hall–Kier alpha value is -1.06. The van der Waals surface area contributed by atoms with E-state index in [1.807, 2.05) is 0 Å². The third-order valence-corrected chi connectivity index (χ3v) is 4.59. The SMILES string of the molecule is CC(C)CC1(CNC(=O)C2CC2C(=O)O)CCCC1. The summed E-state index contributed by atoms with van der Waals surface area (Å²) in [5.74, 6) is -0.970. The molecule has 2 N–H and O–H groups in total. The smallest absolute Gasteiger partial charge is 0.307 e. The van der Waals surface area contributed by atoms with Gasteiger partial charge >= 0.3 is 5.97 Å². The Balaban J connectivity index is 1.83. The Bertz CT molecular complexity index is 358. The molecule has 1 amide bonds. The first kappa shape index (κ1) is 14.4. The van der Waals surface area contributed by atoms with Gasteiger partial charge in [-0.15, -0.1) is 0 Å². The molecule has 0 aromatic rings. The van der Waals surface area contributed by atoms with Crippen LogP contribution in [-0.4, -0.2) is 23.5 Å². The largest absolute Gasteiger partial charge is 0.481 e. The van der Waals surface area contributed by atoms with Crippen molar-refractivity contribution in [3.05, 3.63) is 0 Å². The van der Waals surface area contributed by atoms with Crippen molar-refractivity contribution >= 4 is 11.9 Å². The second-order valence-corrected chi connectivity index (χ2v) is 6.81. The van der Waals surface area contributed by atoms with Crippen LogP contribution < -0.4 is 5.32 Å². The molecule has 0 aromatic heterocycles. The number of hydrogen-bond acceptors (Lipinski definition) is 2. The van der Waals surface area contributed by atoms with Crippen molar-refractivity contribution in [3.63, 3.8) is 0 Å². The number of carboxylic acid groups (broad SMARTS) is 1. The molecule has 0 aliphatic heterocycles. The normalized spacial score (nSPS) is 28.4. The zero-order chi connectivity index (χ0) is 14.0. The van der Waals surface area contributed by atoms with Gasteiger partial charge in [0.2, 0.25) is 5.91 Å². The van der Waals surface area contributed by atoms with E-state index in [9.17, 15) is 9.59 Å². The molecule has 19 heavy (non-hydrogen) atoms. The topological polar surface area (TPSA) is 66.4 Å². The molecule has 2 saturated carbocycles. The highest BCUT2D eigenvalue weighted by Crippen LogP contribution is 2.43. The first-order valence-electron chi connectivity index (χ1n) is 7.44. The summed E-state index contributed by atoms with van der Waals surface area (Å²) < 4.78 is 0. The fourth-order valence-electron chi connectivity index (χ4n) is 3.61. The zero-order valence-corrected chi connectivity index (χ0v) is 11.9. The zero-order valence-electron chi connectivity index (χ0n) is 11.9. The second kappa shape index (κ2) is 5.51. The van der Waals surface area contributed by atoms with Crippen molar-refractivity contribution in [2.45, 2.75) is 52.4 Å². The average Bonchev–Trinajstić information content (AvgIpc) is 3.01. The lowest BCUT2D eigenvalue weighted by Crippen LogP contribution is -2.38. The van der Waals surface area contributed by atoms with Crippen molar-refractivity contribution in [2.24, 2.45) is 23.2 Å². The van der Waals surface area contributed by atoms with E-state index in [2.05, 4.69) is 19.2 Å². The minimum absolute atomic E-state index is 0.0533. The number of aliphatic carboxylic acids is 1. The average molecular weight is 267 g/mol. The molecule has 2 fully saturated rings. The van der Waals surface area contributed by atoms with Crippen LogP contribution in [-0.2, 0) is 9.59 Å². The predicted molar refractivity (Wildman–Crippen MR) is 72.6 cm³/mol. The summed E-state index contributed by atoms with van der Waals surface area (Å²) in [6, 6.07) is 0. The molecule has 2 aliphatic carbocycles. The summed E-state index contributed by atoms with van der Waals surface area (Å²) in [6.07, 6.45) is 6.56. The highest BCUT2D eigenvalue weighted by molar-refractivity contribution is 5.89.